The SMILES string of the molecule is CC(=O)N1CCN(S(=O)(=O)c2cccc(C(=O)OCc3ccc(Cl)cc3Cl)c2)CC1. The highest BCUT2D eigenvalue weighted by molar-refractivity contribution is 7.89. The van der Waals surface area contributed by atoms with Gasteiger partial charge >= 0.3 is 5.97 Å². The van der Waals surface area contributed by atoms with Crippen LogP contribution < -0.4 is 0 Å². The number of sulfonamides is 1. The molecule has 0 unspecified atom stereocenters. The summed E-state index contributed by atoms with van der Waals surface area (Å²) in [5.41, 5.74) is 0.699. The maximum Gasteiger partial charge on any atom is 0.338 e. The van der Waals surface area contributed by atoms with Gasteiger partial charge in [0.15, 0.2) is 0 Å². The molecule has 160 valence electrons. The summed E-state index contributed by atoms with van der Waals surface area (Å²) < 4.78 is 32.4. The number of benzene rings is 2. The topological polar surface area (TPSA) is 84.0 Å². The minimum Gasteiger partial charge on any atom is -0.457 e. The van der Waals surface area contributed by atoms with Crippen molar-refractivity contribution in [2.45, 2.75) is 18.4 Å². The average Bonchev–Trinajstić information content (AvgIpc) is 2.73. The summed E-state index contributed by atoms with van der Waals surface area (Å²) in [5, 5.41) is 0.841. The van der Waals surface area contributed by atoms with Crippen LogP contribution in [0, 0.1) is 0 Å². The molecule has 0 bridgehead atoms. The highest BCUT2D eigenvalue weighted by atomic mass is 35.5. The summed E-state index contributed by atoms with van der Waals surface area (Å²) in [4.78, 5) is 25.5. The Balaban J connectivity index is 1.70. The Kier molecular flexibility index (Phi) is 7.02. The number of piperazine rings is 1. The number of rotatable bonds is 5. The van der Waals surface area contributed by atoms with Gasteiger partial charge in [-0.15, -0.1) is 0 Å². The Morgan fingerprint density at radius 3 is 2.37 bits per heavy atom. The number of hydrogen-bond acceptors (Lipinski definition) is 5. The number of nitrogens with zero attached hydrogens (tertiary/aromatic N) is 2. The Morgan fingerprint density at radius 1 is 1.03 bits per heavy atom. The summed E-state index contributed by atoms with van der Waals surface area (Å²) in [6.07, 6.45) is 0. The smallest absolute Gasteiger partial charge is 0.338 e. The van der Waals surface area contributed by atoms with E-state index in [2.05, 4.69) is 0 Å². The van der Waals surface area contributed by atoms with Crippen molar-refractivity contribution < 1.29 is 22.7 Å². The zero-order chi connectivity index (χ0) is 21.9. The second-order valence-corrected chi connectivity index (χ2v) is 9.53. The van der Waals surface area contributed by atoms with Crippen molar-refractivity contribution in [3.05, 3.63) is 63.6 Å². The molecule has 10 heteroatoms. The van der Waals surface area contributed by atoms with Gasteiger partial charge in [0.05, 0.1) is 10.5 Å². The zero-order valence-electron chi connectivity index (χ0n) is 16.2. The Bertz CT molecular complexity index is 1070. The molecule has 0 aromatic heterocycles. The Morgan fingerprint density at radius 2 is 1.73 bits per heavy atom. The largest absolute Gasteiger partial charge is 0.457 e. The standard InChI is InChI=1S/C20H20Cl2N2O5S/c1-14(25)23-7-9-24(10-8-23)30(27,28)18-4-2-3-15(11-18)20(26)29-13-16-5-6-17(21)12-19(16)22/h2-6,11-12H,7-10,13H2,1H3. The molecule has 0 spiro atoms. The van der Waals surface area contributed by atoms with Gasteiger partial charge in [-0.25, -0.2) is 13.2 Å². The third kappa shape index (κ3) is 5.13. The van der Waals surface area contributed by atoms with Crippen LogP contribution >= 0.6 is 23.2 Å². The molecule has 1 fully saturated rings. The van der Waals surface area contributed by atoms with Crippen molar-refractivity contribution in [1.82, 2.24) is 9.21 Å². The van der Waals surface area contributed by atoms with Crippen molar-refractivity contribution in [3.8, 4) is 0 Å². The van der Waals surface area contributed by atoms with Crippen LogP contribution in [0.5, 0.6) is 0 Å². The molecule has 3 rings (SSSR count). The van der Waals surface area contributed by atoms with Gasteiger partial charge in [-0.1, -0.05) is 35.3 Å². The maximum absolute atomic E-state index is 12.9. The summed E-state index contributed by atoms with van der Waals surface area (Å²) in [6.45, 7) is 2.45. The minimum atomic E-state index is -3.79. The molecular formula is C20H20Cl2N2O5S. The number of carbonyl (C=O) groups is 2. The maximum atomic E-state index is 12.9. The second kappa shape index (κ2) is 9.34. The lowest BCUT2D eigenvalue weighted by atomic mass is 10.2. The zero-order valence-corrected chi connectivity index (χ0v) is 18.5. The summed E-state index contributed by atoms with van der Waals surface area (Å²) in [6, 6.07) is 10.5. The normalized spacial score (nSPS) is 15.1. The van der Waals surface area contributed by atoms with Crippen molar-refractivity contribution in [3.63, 3.8) is 0 Å². The molecule has 1 aliphatic heterocycles. The van der Waals surface area contributed by atoms with Gasteiger partial charge < -0.3 is 9.64 Å². The van der Waals surface area contributed by atoms with Crippen molar-refractivity contribution in [2.24, 2.45) is 0 Å². The fourth-order valence-corrected chi connectivity index (χ4v) is 4.97. The monoisotopic (exact) mass is 470 g/mol. The van der Waals surface area contributed by atoms with E-state index in [-0.39, 0.29) is 36.1 Å². The van der Waals surface area contributed by atoms with Crippen LogP contribution in [-0.2, 0) is 26.2 Å². The molecule has 0 radical (unpaired) electrons. The lowest BCUT2D eigenvalue weighted by molar-refractivity contribution is -0.129. The second-order valence-electron chi connectivity index (χ2n) is 6.75. The van der Waals surface area contributed by atoms with Crippen molar-refractivity contribution in [1.29, 1.82) is 0 Å². The van der Waals surface area contributed by atoms with E-state index in [4.69, 9.17) is 27.9 Å². The van der Waals surface area contributed by atoms with Crippen LogP contribution in [0.2, 0.25) is 10.0 Å². The first-order valence-electron chi connectivity index (χ1n) is 9.15. The summed E-state index contributed by atoms with van der Waals surface area (Å²) >= 11 is 11.9. The lowest BCUT2D eigenvalue weighted by Gasteiger charge is -2.33. The van der Waals surface area contributed by atoms with Crippen LogP contribution in [0.4, 0.5) is 0 Å². The van der Waals surface area contributed by atoms with Crippen LogP contribution in [0.1, 0.15) is 22.8 Å². The van der Waals surface area contributed by atoms with Gasteiger partial charge in [0.2, 0.25) is 15.9 Å². The lowest BCUT2D eigenvalue weighted by Crippen LogP contribution is -2.49. The Hall–Kier alpha value is -2.13. The van der Waals surface area contributed by atoms with Gasteiger partial charge in [-0.2, -0.15) is 4.31 Å². The van der Waals surface area contributed by atoms with Gasteiger partial charge in [-0.3, -0.25) is 4.79 Å². The predicted octanol–water partition coefficient (Wildman–Crippen LogP) is 3.20. The number of amides is 1. The van der Waals surface area contributed by atoms with Crippen molar-refractivity contribution >= 4 is 45.1 Å². The van der Waals surface area contributed by atoms with E-state index in [0.717, 1.165) is 0 Å². The number of esters is 1. The minimum absolute atomic E-state index is 0.00208. The van der Waals surface area contributed by atoms with Crippen molar-refractivity contribution in [2.75, 3.05) is 26.2 Å². The Labute approximate surface area is 185 Å². The van der Waals surface area contributed by atoms with Gasteiger partial charge in [-0.05, 0) is 30.3 Å². The van der Waals surface area contributed by atoms with Crippen LogP contribution in [0.15, 0.2) is 47.4 Å². The molecule has 1 aliphatic rings. The fourth-order valence-electron chi connectivity index (χ4n) is 3.04. The quantitative estimate of drug-likeness (QED) is 0.626. The highest BCUT2D eigenvalue weighted by Gasteiger charge is 2.29. The first-order valence-corrected chi connectivity index (χ1v) is 11.3. The van der Waals surface area contributed by atoms with E-state index in [1.807, 2.05) is 0 Å². The van der Waals surface area contributed by atoms with E-state index in [1.165, 1.54) is 35.5 Å². The van der Waals surface area contributed by atoms with E-state index in [0.29, 0.717) is 28.7 Å². The first-order chi connectivity index (χ1) is 14.2. The molecule has 0 aliphatic carbocycles. The third-order valence-corrected chi connectivity index (χ3v) is 7.25. The average molecular weight is 471 g/mol. The molecule has 30 heavy (non-hydrogen) atoms. The molecule has 0 atom stereocenters. The summed E-state index contributed by atoms with van der Waals surface area (Å²) in [5.74, 6) is -0.753. The molecule has 1 saturated heterocycles. The van der Waals surface area contributed by atoms with Crippen LogP contribution in [0.25, 0.3) is 0 Å². The fraction of sp³-hybridized carbons (Fsp3) is 0.300. The molecule has 1 heterocycles. The van der Waals surface area contributed by atoms with Crippen LogP contribution in [-0.4, -0.2) is 55.7 Å². The van der Waals surface area contributed by atoms with Gasteiger partial charge in [0, 0.05) is 48.7 Å². The number of ether oxygens (including phenoxy) is 1. The number of hydrogen-bond donors (Lipinski definition) is 0. The summed E-state index contributed by atoms with van der Waals surface area (Å²) in [7, 11) is -3.79. The molecule has 2 aromatic carbocycles. The molecule has 1 amide bonds. The van der Waals surface area contributed by atoms with Gasteiger partial charge in [0.25, 0.3) is 0 Å². The third-order valence-electron chi connectivity index (χ3n) is 4.77. The van der Waals surface area contributed by atoms with E-state index >= 15 is 0 Å². The highest BCUT2D eigenvalue weighted by Crippen LogP contribution is 2.23. The van der Waals surface area contributed by atoms with E-state index < -0.39 is 16.0 Å². The molecular weight excluding hydrogens is 451 g/mol. The molecule has 0 N–H and O–H groups in total. The van der Waals surface area contributed by atoms with Gasteiger partial charge in [0.1, 0.15) is 6.61 Å². The molecule has 0 saturated carbocycles. The first kappa shape index (κ1) is 22.6. The molecule has 2 aromatic rings. The number of carbonyl (C=O) groups excluding carboxylic acids is 2. The predicted molar refractivity (Wildman–Crippen MR) is 113 cm³/mol. The van der Waals surface area contributed by atoms with E-state index in [9.17, 15) is 18.0 Å². The number of halogens is 2. The molecule has 7 nitrogen and oxygen atoms in total. The van der Waals surface area contributed by atoms with E-state index in [1.54, 1.807) is 23.1 Å². The van der Waals surface area contributed by atoms with Crippen LogP contribution in [0.3, 0.4) is 0 Å².